The average molecular weight is 245 g/mol. The van der Waals surface area contributed by atoms with Gasteiger partial charge in [0.25, 0.3) is 5.56 Å². The molecule has 0 aromatic carbocycles. The Morgan fingerprint density at radius 1 is 1.62 bits per heavy atom. The summed E-state index contributed by atoms with van der Waals surface area (Å²) in [5.41, 5.74) is 5.85. The highest BCUT2D eigenvalue weighted by molar-refractivity contribution is 6.32. The predicted octanol–water partition coefficient (Wildman–Crippen LogP) is 0.829. The van der Waals surface area contributed by atoms with Gasteiger partial charge in [-0.2, -0.15) is 5.10 Å². The van der Waals surface area contributed by atoms with Crippen molar-refractivity contribution >= 4 is 17.3 Å². The standard InChI is InChI=1S/C10H17ClN4O/c1-6(2)7(4-12)14-8-5-13-15(3)10(16)9(8)11/h5-7,14H,4,12H2,1-3H3. The summed E-state index contributed by atoms with van der Waals surface area (Å²) in [4.78, 5) is 11.5. The highest BCUT2D eigenvalue weighted by atomic mass is 35.5. The zero-order chi connectivity index (χ0) is 12.3. The number of aryl methyl sites for hydroxylation is 1. The Morgan fingerprint density at radius 3 is 2.75 bits per heavy atom. The Labute approximate surface area is 99.6 Å². The first-order valence-corrected chi connectivity index (χ1v) is 5.53. The Hall–Kier alpha value is -1.07. The van der Waals surface area contributed by atoms with Gasteiger partial charge in [0, 0.05) is 19.6 Å². The summed E-state index contributed by atoms with van der Waals surface area (Å²) in [6.45, 7) is 4.57. The van der Waals surface area contributed by atoms with Crippen molar-refractivity contribution < 1.29 is 0 Å². The van der Waals surface area contributed by atoms with Gasteiger partial charge in [-0.15, -0.1) is 0 Å². The van der Waals surface area contributed by atoms with E-state index >= 15 is 0 Å². The monoisotopic (exact) mass is 244 g/mol. The minimum atomic E-state index is -0.314. The fourth-order valence-corrected chi connectivity index (χ4v) is 1.53. The molecule has 1 aromatic rings. The highest BCUT2D eigenvalue weighted by Gasteiger charge is 2.14. The van der Waals surface area contributed by atoms with Crippen molar-refractivity contribution in [2.75, 3.05) is 11.9 Å². The second-order valence-corrected chi connectivity index (χ2v) is 4.41. The molecule has 0 spiro atoms. The summed E-state index contributed by atoms with van der Waals surface area (Å²) in [6.07, 6.45) is 1.54. The minimum Gasteiger partial charge on any atom is -0.378 e. The number of nitrogens with zero attached hydrogens (tertiary/aromatic N) is 2. The second kappa shape index (κ2) is 5.32. The molecular formula is C10H17ClN4O. The average Bonchev–Trinajstić information content (AvgIpc) is 2.25. The van der Waals surface area contributed by atoms with E-state index in [1.165, 1.54) is 10.9 Å². The zero-order valence-electron chi connectivity index (χ0n) is 9.70. The van der Waals surface area contributed by atoms with Gasteiger partial charge in [-0.25, -0.2) is 4.68 Å². The van der Waals surface area contributed by atoms with Crippen LogP contribution in [0.3, 0.4) is 0 Å². The van der Waals surface area contributed by atoms with Gasteiger partial charge in [0.15, 0.2) is 0 Å². The number of anilines is 1. The summed E-state index contributed by atoms with van der Waals surface area (Å²) < 4.78 is 1.19. The molecule has 1 rings (SSSR count). The maximum absolute atomic E-state index is 11.5. The van der Waals surface area contributed by atoms with E-state index in [-0.39, 0.29) is 16.6 Å². The SMILES string of the molecule is CC(C)C(CN)Nc1cnn(C)c(=O)c1Cl. The third-order valence-corrected chi connectivity index (χ3v) is 2.84. The Morgan fingerprint density at radius 2 is 2.25 bits per heavy atom. The van der Waals surface area contributed by atoms with Crippen LogP contribution in [0.25, 0.3) is 0 Å². The number of aromatic nitrogens is 2. The Bertz CT molecular complexity index is 416. The number of halogens is 1. The van der Waals surface area contributed by atoms with E-state index in [0.29, 0.717) is 18.2 Å². The van der Waals surface area contributed by atoms with Gasteiger partial charge in [0.1, 0.15) is 5.02 Å². The van der Waals surface area contributed by atoms with Gasteiger partial charge in [-0.05, 0) is 5.92 Å². The zero-order valence-corrected chi connectivity index (χ0v) is 10.5. The molecule has 0 radical (unpaired) electrons. The Kier molecular flexibility index (Phi) is 4.32. The van der Waals surface area contributed by atoms with E-state index in [0.717, 1.165) is 0 Å². The van der Waals surface area contributed by atoms with E-state index in [1.807, 2.05) is 13.8 Å². The van der Waals surface area contributed by atoms with Gasteiger partial charge in [0.2, 0.25) is 0 Å². The van der Waals surface area contributed by atoms with Crippen molar-refractivity contribution in [3.8, 4) is 0 Å². The topological polar surface area (TPSA) is 72.9 Å². The maximum Gasteiger partial charge on any atom is 0.287 e. The molecule has 1 unspecified atom stereocenters. The third kappa shape index (κ3) is 2.74. The largest absolute Gasteiger partial charge is 0.378 e. The first-order valence-electron chi connectivity index (χ1n) is 5.15. The van der Waals surface area contributed by atoms with Crippen molar-refractivity contribution in [2.45, 2.75) is 19.9 Å². The van der Waals surface area contributed by atoms with E-state index in [4.69, 9.17) is 17.3 Å². The lowest BCUT2D eigenvalue weighted by Gasteiger charge is -2.22. The molecule has 6 heteroatoms. The third-order valence-electron chi connectivity index (χ3n) is 2.48. The molecule has 0 fully saturated rings. The van der Waals surface area contributed by atoms with Crippen LogP contribution in [0.1, 0.15) is 13.8 Å². The van der Waals surface area contributed by atoms with Crippen LogP contribution in [-0.4, -0.2) is 22.4 Å². The summed E-state index contributed by atoms with van der Waals surface area (Å²) in [7, 11) is 1.56. The summed E-state index contributed by atoms with van der Waals surface area (Å²) >= 11 is 5.93. The number of hydrogen-bond acceptors (Lipinski definition) is 4. The van der Waals surface area contributed by atoms with E-state index in [2.05, 4.69) is 10.4 Å². The van der Waals surface area contributed by atoms with Crippen molar-refractivity contribution in [1.29, 1.82) is 0 Å². The lowest BCUT2D eigenvalue weighted by Crippen LogP contribution is -2.34. The molecule has 1 heterocycles. The van der Waals surface area contributed by atoms with Gasteiger partial charge < -0.3 is 11.1 Å². The van der Waals surface area contributed by atoms with Crippen LogP contribution in [0.2, 0.25) is 5.02 Å². The minimum absolute atomic E-state index is 0.0754. The van der Waals surface area contributed by atoms with Crippen LogP contribution < -0.4 is 16.6 Å². The van der Waals surface area contributed by atoms with Crippen molar-refractivity contribution in [3.05, 3.63) is 21.6 Å². The Balaban J connectivity index is 2.98. The molecular weight excluding hydrogens is 228 g/mol. The molecule has 0 bridgehead atoms. The summed E-state index contributed by atoms with van der Waals surface area (Å²) in [6, 6.07) is 0.0754. The molecule has 1 atom stereocenters. The molecule has 0 aliphatic rings. The van der Waals surface area contributed by atoms with Gasteiger partial charge in [-0.1, -0.05) is 25.4 Å². The number of rotatable bonds is 4. The fraction of sp³-hybridized carbons (Fsp3) is 0.600. The van der Waals surface area contributed by atoms with Crippen molar-refractivity contribution in [1.82, 2.24) is 9.78 Å². The van der Waals surface area contributed by atoms with Gasteiger partial charge in [0.05, 0.1) is 11.9 Å². The number of nitrogens with one attached hydrogen (secondary N) is 1. The van der Waals surface area contributed by atoms with Crippen LogP contribution in [0.5, 0.6) is 0 Å². The smallest absolute Gasteiger partial charge is 0.287 e. The highest BCUT2D eigenvalue weighted by Crippen LogP contribution is 2.17. The molecule has 0 saturated carbocycles. The molecule has 0 aliphatic carbocycles. The van der Waals surface area contributed by atoms with E-state index in [9.17, 15) is 4.79 Å². The molecule has 3 N–H and O–H groups in total. The first-order chi connectivity index (χ1) is 7.47. The molecule has 16 heavy (non-hydrogen) atoms. The fourth-order valence-electron chi connectivity index (χ4n) is 1.31. The summed E-state index contributed by atoms with van der Waals surface area (Å²) in [5, 5.41) is 7.18. The van der Waals surface area contributed by atoms with Crippen molar-refractivity contribution in [2.24, 2.45) is 18.7 Å². The van der Waals surface area contributed by atoms with Crippen LogP contribution in [0.15, 0.2) is 11.0 Å². The normalized spacial score (nSPS) is 12.9. The number of hydrogen-bond donors (Lipinski definition) is 2. The van der Waals surface area contributed by atoms with E-state index < -0.39 is 0 Å². The quantitative estimate of drug-likeness (QED) is 0.823. The summed E-state index contributed by atoms with van der Waals surface area (Å²) in [5.74, 6) is 0.352. The van der Waals surface area contributed by atoms with Gasteiger partial charge >= 0.3 is 0 Å². The van der Waals surface area contributed by atoms with Crippen LogP contribution in [-0.2, 0) is 7.05 Å². The number of nitrogens with two attached hydrogens (primary N) is 1. The maximum atomic E-state index is 11.5. The molecule has 0 aliphatic heterocycles. The van der Waals surface area contributed by atoms with Crippen LogP contribution in [0, 0.1) is 5.92 Å². The van der Waals surface area contributed by atoms with Crippen molar-refractivity contribution in [3.63, 3.8) is 0 Å². The molecule has 1 aromatic heterocycles. The molecule has 90 valence electrons. The van der Waals surface area contributed by atoms with Crippen LogP contribution in [0.4, 0.5) is 5.69 Å². The molecule has 5 nitrogen and oxygen atoms in total. The molecule has 0 amide bonds. The lowest BCUT2D eigenvalue weighted by atomic mass is 10.0. The lowest BCUT2D eigenvalue weighted by molar-refractivity contribution is 0.530. The van der Waals surface area contributed by atoms with Gasteiger partial charge in [-0.3, -0.25) is 4.79 Å². The molecule has 0 saturated heterocycles. The second-order valence-electron chi connectivity index (χ2n) is 4.03. The predicted molar refractivity (Wildman–Crippen MR) is 65.8 cm³/mol. The van der Waals surface area contributed by atoms with Crippen LogP contribution >= 0.6 is 11.6 Å². The first kappa shape index (κ1) is 13.0. The van der Waals surface area contributed by atoms with E-state index in [1.54, 1.807) is 7.05 Å².